The third-order valence-corrected chi connectivity index (χ3v) is 4.18. The number of carbonyl (C=O) groups is 1. The maximum atomic E-state index is 11.5. The van der Waals surface area contributed by atoms with Gasteiger partial charge in [-0.15, -0.1) is 0 Å². The zero-order valence-electron chi connectivity index (χ0n) is 11.8. The number of nitrogens with zero attached hydrogens (tertiary/aromatic N) is 3. The molecule has 0 aliphatic rings. The van der Waals surface area contributed by atoms with Gasteiger partial charge in [-0.05, 0) is 42.8 Å². The molecule has 2 aromatic heterocycles. The summed E-state index contributed by atoms with van der Waals surface area (Å²) >= 11 is 1.53. The predicted molar refractivity (Wildman–Crippen MR) is 86.4 cm³/mol. The van der Waals surface area contributed by atoms with Gasteiger partial charge in [-0.1, -0.05) is 11.3 Å². The Balaban J connectivity index is 1.91. The molecule has 1 N–H and O–H groups in total. The summed E-state index contributed by atoms with van der Waals surface area (Å²) in [4.78, 5) is 21.3. The van der Waals surface area contributed by atoms with Gasteiger partial charge >= 0.3 is 0 Å². The highest BCUT2D eigenvalue weighted by molar-refractivity contribution is 7.21. The van der Waals surface area contributed by atoms with Crippen LogP contribution in [0.2, 0.25) is 0 Å². The van der Waals surface area contributed by atoms with Gasteiger partial charge in [-0.25, -0.2) is 9.97 Å². The number of nitrogens with one attached hydrogen (secondary N) is 1. The smallest absolute Gasteiger partial charge is 0.238 e. The molecule has 22 heavy (non-hydrogen) atoms. The molecule has 0 saturated heterocycles. The monoisotopic (exact) mass is 308 g/mol. The number of amides is 1. The maximum Gasteiger partial charge on any atom is 0.238 e. The molecule has 6 heteroatoms. The fraction of sp³-hybridized carbons (Fsp3) is 0.125. The van der Waals surface area contributed by atoms with E-state index < -0.39 is 0 Å². The average molecular weight is 308 g/mol. The molecule has 108 valence electrons. The Morgan fingerprint density at radius 1 is 1.41 bits per heavy atom. The molecule has 0 bridgehead atoms. The summed E-state index contributed by atoms with van der Waals surface area (Å²) < 4.78 is 0. The summed E-state index contributed by atoms with van der Waals surface area (Å²) in [6.07, 6.45) is 1.61. The first-order valence-electron chi connectivity index (χ1n) is 6.67. The number of aromatic nitrogens is 2. The van der Waals surface area contributed by atoms with Crippen LogP contribution in [0.25, 0.3) is 20.9 Å². The largest absolute Gasteiger partial charge is 0.325 e. The number of hydrogen-bond donors (Lipinski definition) is 1. The number of nitriles is 1. The summed E-state index contributed by atoms with van der Waals surface area (Å²) in [6, 6.07) is 11.3. The van der Waals surface area contributed by atoms with Crippen molar-refractivity contribution in [2.45, 2.75) is 13.3 Å². The van der Waals surface area contributed by atoms with Crippen LogP contribution in [0.1, 0.15) is 12.0 Å². The summed E-state index contributed by atoms with van der Waals surface area (Å²) in [6.45, 7) is 1.91. The summed E-state index contributed by atoms with van der Waals surface area (Å²) in [7, 11) is 0. The second kappa shape index (κ2) is 5.92. The Morgan fingerprint density at radius 2 is 2.27 bits per heavy atom. The molecular weight excluding hydrogens is 296 g/mol. The second-order valence-corrected chi connectivity index (χ2v) is 5.74. The first-order chi connectivity index (χ1) is 10.7. The van der Waals surface area contributed by atoms with Crippen molar-refractivity contribution in [3.8, 4) is 16.6 Å². The van der Waals surface area contributed by atoms with Gasteiger partial charge in [0.05, 0.1) is 6.07 Å². The van der Waals surface area contributed by atoms with E-state index in [1.54, 1.807) is 6.20 Å². The highest BCUT2D eigenvalue weighted by Crippen LogP contribution is 2.30. The molecule has 0 spiro atoms. The molecule has 0 saturated carbocycles. The van der Waals surface area contributed by atoms with E-state index in [1.165, 1.54) is 11.3 Å². The zero-order chi connectivity index (χ0) is 15.5. The van der Waals surface area contributed by atoms with Crippen LogP contribution in [-0.4, -0.2) is 15.9 Å². The van der Waals surface area contributed by atoms with Gasteiger partial charge < -0.3 is 5.32 Å². The molecule has 1 amide bonds. The summed E-state index contributed by atoms with van der Waals surface area (Å²) in [5.74, 6) is -0.303. The van der Waals surface area contributed by atoms with Crippen molar-refractivity contribution in [2.75, 3.05) is 5.32 Å². The van der Waals surface area contributed by atoms with Crippen LogP contribution < -0.4 is 5.32 Å². The van der Waals surface area contributed by atoms with Crippen molar-refractivity contribution >= 4 is 33.3 Å². The van der Waals surface area contributed by atoms with Crippen LogP contribution in [0.15, 0.2) is 36.5 Å². The molecule has 5 nitrogen and oxygen atoms in total. The number of rotatable bonds is 3. The second-order valence-electron chi connectivity index (χ2n) is 4.76. The molecule has 0 aliphatic heterocycles. The van der Waals surface area contributed by atoms with Crippen molar-refractivity contribution in [1.82, 2.24) is 9.97 Å². The molecule has 0 atom stereocenters. The molecule has 1 aromatic carbocycles. The van der Waals surface area contributed by atoms with E-state index in [1.807, 2.05) is 43.3 Å². The van der Waals surface area contributed by atoms with E-state index in [0.29, 0.717) is 5.69 Å². The van der Waals surface area contributed by atoms with E-state index in [4.69, 9.17) is 5.26 Å². The fourth-order valence-corrected chi connectivity index (χ4v) is 3.00. The molecule has 0 fully saturated rings. The molecular formula is C16H12N4OS. The summed E-state index contributed by atoms with van der Waals surface area (Å²) in [5, 5.41) is 12.1. The van der Waals surface area contributed by atoms with Crippen LogP contribution in [0.3, 0.4) is 0 Å². The predicted octanol–water partition coefficient (Wildman–Crippen LogP) is 3.52. The standard InChI is InChI=1S/C16H12N4OS/c1-10-9-11(4-5-12(10)19-14(21)6-7-17)15-20-13-3-2-8-18-16(13)22-15/h2-5,8-9H,6H2,1H3,(H,19,21). The van der Waals surface area contributed by atoms with Crippen LogP contribution >= 0.6 is 11.3 Å². The van der Waals surface area contributed by atoms with Crippen LogP contribution in [0.5, 0.6) is 0 Å². The van der Waals surface area contributed by atoms with Gasteiger partial charge in [0.1, 0.15) is 21.8 Å². The van der Waals surface area contributed by atoms with Gasteiger partial charge in [0.15, 0.2) is 0 Å². The highest BCUT2D eigenvalue weighted by Gasteiger charge is 2.09. The van der Waals surface area contributed by atoms with Gasteiger partial charge in [0.25, 0.3) is 0 Å². The van der Waals surface area contributed by atoms with Crippen molar-refractivity contribution in [2.24, 2.45) is 0 Å². The topological polar surface area (TPSA) is 78.7 Å². The Kier molecular flexibility index (Phi) is 3.81. The molecule has 0 radical (unpaired) electrons. The Morgan fingerprint density at radius 3 is 3.00 bits per heavy atom. The fourth-order valence-electron chi connectivity index (χ4n) is 2.10. The normalized spacial score (nSPS) is 10.4. The van der Waals surface area contributed by atoms with Crippen molar-refractivity contribution in [1.29, 1.82) is 5.26 Å². The number of hydrogen-bond acceptors (Lipinski definition) is 5. The van der Waals surface area contributed by atoms with E-state index in [9.17, 15) is 4.79 Å². The van der Waals surface area contributed by atoms with Crippen LogP contribution in [0.4, 0.5) is 5.69 Å². The minimum absolute atomic E-state index is 0.148. The quantitative estimate of drug-likeness (QED) is 0.803. The number of pyridine rings is 1. The third-order valence-electron chi connectivity index (χ3n) is 3.15. The molecule has 3 rings (SSSR count). The lowest BCUT2D eigenvalue weighted by molar-refractivity contribution is -0.115. The lowest BCUT2D eigenvalue weighted by Gasteiger charge is -2.08. The van der Waals surface area contributed by atoms with Crippen molar-refractivity contribution in [3.63, 3.8) is 0 Å². The van der Waals surface area contributed by atoms with Crippen LogP contribution in [0, 0.1) is 18.3 Å². The first kappa shape index (κ1) is 14.2. The van der Waals surface area contributed by atoms with Crippen molar-refractivity contribution in [3.05, 3.63) is 42.1 Å². The Bertz CT molecular complexity index is 862. The minimum atomic E-state index is -0.303. The molecule has 0 unspecified atom stereocenters. The third kappa shape index (κ3) is 2.80. The van der Waals surface area contributed by atoms with E-state index in [2.05, 4.69) is 15.3 Å². The molecule has 2 heterocycles. The number of thiazole rings is 1. The number of anilines is 1. The van der Waals surface area contributed by atoms with Crippen LogP contribution in [-0.2, 0) is 4.79 Å². The number of fused-ring (bicyclic) bond motifs is 1. The lowest BCUT2D eigenvalue weighted by atomic mass is 10.1. The van der Waals surface area contributed by atoms with E-state index in [0.717, 1.165) is 26.5 Å². The molecule has 0 aliphatic carbocycles. The Hall–Kier alpha value is -2.78. The van der Waals surface area contributed by atoms with Gasteiger partial charge in [0.2, 0.25) is 5.91 Å². The number of carbonyl (C=O) groups excluding carboxylic acids is 1. The zero-order valence-corrected chi connectivity index (χ0v) is 12.6. The Labute approximate surface area is 131 Å². The van der Waals surface area contributed by atoms with Crippen molar-refractivity contribution < 1.29 is 4.79 Å². The van der Waals surface area contributed by atoms with Gasteiger partial charge in [-0.3, -0.25) is 4.79 Å². The minimum Gasteiger partial charge on any atom is -0.325 e. The number of benzene rings is 1. The van der Waals surface area contributed by atoms with E-state index in [-0.39, 0.29) is 12.3 Å². The highest BCUT2D eigenvalue weighted by atomic mass is 32.1. The summed E-state index contributed by atoms with van der Waals surface area (Å²) in [5.41, 5.74) is 3.50. The lowest BCUT2D eigenvalue weighted by Crippen LogP contribution is -2.11. The van der Waals surface area contributed by atoms with Gasteiger partial charge in [0, 0.05) is 17.4 Å². The average Bonchev–Trinajstić information content (AvgIpc) is 2.93. The first-order valence-corrected chi connectivity index (χ1v) is 7.48. The number of aryl methyl sites for hydroxylation is 1. The van der Waals surface area contributed by atoms with Gasteiger partial charge in [-0.2, -0.15) is 5.26 Å². The van der Waals surface area contributed by atoms with E-state index >= 15 is 0 Å². The molecule has 3 aromatic rings. The SMILES string of the molecule is Cc1cc(-c2nc3cccnc3s2)ccc1NC(=O)CC#N. The maximum absolute atomic E-state index is 11.5.